The number of aromatic nitrogens is 2. The summed E-state index contributed by atoms with van der Waals surface area (Å²) in [6, 6.07) is 4.78. The van der Waals surface area contributed by atoms with E-state index in [2.05, 4.69) is 10.4 Å². The second kappa shape index (κ2) is 7.45. The maximum absolute atomic E-state index is 12.8. The Morgan fingerprint density at radius 3 is 2.52 bits per heavy atom. The van der Waals surface area contributed by atoms with E-state index in [4.69, 9.17) is 5.73 Å². The van der Waals surface area contributed by atoms with Crippen molar-refractivity contribution in [3.63, 3.8) is 0 Å². The van der Waals surface area contributed by atoms with E-state index in [1.807, 2.05) is 0 Å². The van der Waals surface area contributed by atoms with Gasteiger partial charge >= 0.3 is 6.18 Å². The Morgan fingerprint density at radius 1 is 1.32 bits per heavy atom. The lowest BCUT2D eigenvalue weighted by Crippen LogP contribution is -2.45. The summed E-state index contributed by atoms with van der Waals surface area (Å²) in [7, 11) is 0. The van der Waals surface area contributed by atoms with Gasteiger partial charge in [-0.2, -0.15) is 18.3 Å². The van der Waals surface area contributed by atoms with Gasteiger partial charge < -0.3 is 11.1 Å². The van der Waals surface area contributed by atoms with Crippen LogP contribution >= 0.6 is 12.4 Å². The van der Waals surface area contributed by atoms with E-state index in [-0.39, 0.29) is 36.1 Å². The summed E-state index contributed by atoms with van der Waals surface area (Å²) in [5, 5.41) is 6.71. The van der Waals surface area contributed by atoms with Crippen LogP contribution in [0.25, 0.3) is 5.69 Å². The highest BCUT2D eigenvalue weighted by molar-refractivity contribution is 5.95. The molecule has 2 aromatic rings. The van der Waals surface area contributed by atoms with E-state index in [0.717, 1.165) is 12.1 Å². The summed E-state index contributed by atoms with van der Waals surface area (Å²) in [5.74, 6) is -0.371. The van der Waals surface area contributed by atoms with Crippen molar-refractivity contribution in [3.8, 4) is 5.69 Å². The molecular formula is C16H20ClF3N4O. The van der Waals surface area contributed by atoms with Crippen molar-refractivity contribution >= 4 is 18.3 Å². The molecule has 0 saturated heterocycles. The minimum atomic E-state index is -4.44. The highest BCUT2D eigenvalue weighted by Crippen LogP contribution is 2.30. The average molecular weight is 377 g/mol. The monoisotopic (exact) mass is 376 g/mol. The molecule has 5 nitrogen and oxygen atoms in total. The summed E-state index contributed by atoms with van der Waals surface area (Å²) < 4.78 is 39.8. The minimum Gasteiger partial charge on any atom is -0.350 e. The molecule has 9 heteroatoms. The van der Waals surface area contributed by atoms with Crippen LogP contribution in [-0.2, 0) is 6.18 Å². The lowest BCUT2D eigenvalue weighted by atomic mass is 10.1. The van der Waals surface area contributed by atoms with Gasteiger partial charge in [-0.25, -0.2) is 4.68 Å². The Balaban J connectivity index is 0.00000312. The number of benzene rings is 1. The van der Waals surface area contributed by atoms with Crippen LogP contribution in [0.1, 0.15) is 35.5 Å². The molecule has 0 unspecified atom stereocenters. The molecule has 0 bridgehead atoms. The van der Waals surface area contributed by atoms with Gasteiger partial charge in [-0.3, -0.25) is 4.79 Å². The number of amides is 1. The number of halogens is 4. The van der Waals surface area contributed by atoms with Crippen LogP contribution in [0.5, 0.6) is 0 Å². The predicted octanol–water partition coefficient (Wildman–Crippen LogP) is 3.09. The molecule has 0 aliphatic carbocycles. The number of nitrogens with two attached hydrogens (primary N) is 1. The second-order valence-electron chi connectivity index (χ2n) is 6.27. The van der Waals surface area contributed by atoms with Crippen molar-refractivity contribution < 1.29 is 18.0 Å². The van der Waals surface area contributed by atoms with Gasteiger partial charge in [0.15, 0.2) is 0 Å². The number of nitrogens with one attached hydrogen (secondary N) is 1. The van der Waals surface area contributed by atoms with Gasteiger partial charge in [-0.15, -0.1) is 12.4 Å². The molecule has 3 N–H and O–H groups in total. The first-order valence-corrected chi connectivity index (χ1v) is 7.28. The zero-order valence-corrected chi connectivity index (χ0v) is 14.8. The van der Waals surface area contributed by atoms with E-state index in [0.29, 0.717) is 5.69 Å². The Labute approximate surface area is 149 Å². The van der Waals surface area contributed by atoms with Crippen LogP contribution < -0.4 is 11.1 Å². The van der Waals surface area contributed by atoms with Gasteiger partial charge in [-0.05, 0) is 39.0 Å². The Kier molecular flexibility index (Phi) is 6.25. The third kappa shape index (κ3) is 5.20. The predicted molar refractivity (Wildman–Crippen MR) is 91.2 cm³/mol. The van der Waals surface area contributed by atoms with Gasteiger partial charge in [0.2, 0.25) is 0 Å². The number of hydrogen-bond acceptors (Lipinski definition) is 3. The summed E-state index contributed by atoms with van der Waals surface area (Å²) >= 11 is 0. The molecule has 2 rings (SSSR count). The fourth-order valence-electron chi connectivity index (χ4n) is 2.11. The molecule has 1 heterocycles. The molecule has 25 heavy (non-hydrogen) atoms. The van der Waals surface area contributed by atoms with Crippen molar-refractivity contribution in [2.45, 2.75) is 32.5 Å². The summed E-state index contributed by atoms with van der Waals surface area (Å²) in [4.78, 5) is 12.2. The van der Waals surface area contributed by atoms with E-state index in [1.165, 1.54) is 23.0 Å². The molecule has 0 saturated carbocycles. The van der Waals surface area contributed by atoms with Gasteiger partial charge in [0, 0.05) is 12.1 Å². The van der Waals surface area contributed by atoms with E-state index < -0.39 is 17.3 Å². The Hall–Kier alpha value is -2.06. The van der Waals surface area contributed by atoms with Gasteiger partial charge in [0.05, 0.1) is 28.7 Å². The maximum Gasteiger partial charge on any atom is 0.416 e. The summed E-state index contributed by atoms with van der Waals surface area (Å²) in [6.45, 7) is 5.42. The highest BCUT2D eigenvalue weighted by atomic mass is 35.5. The first-order chi connectivity index (χ1) is 11.0. The lowest BCUT2D eigenvalue weighted by Gasteiger charge is -2.18. The third-order valence-electron chi connectivity index (χ3n) is 3.38. The van der Waals surface area contributed by atoms with Crippen molar-refractivity contribution in [1.29, 1.82) is 0 Å². The SMILES string of the molecule is Cc1c(C(=O)NCC(C)(C)N)cnn1-c1cccc(C(F)(F)F)c1.Cl. The van der Waals surface area contributed by atoms with Crippen LogP contribution in [0.2, 0.25) is 0 Å². The van der Waals surface area contributed by atoms with Crippen LogP contribution in [-0.4, -0.2) is 27.8 Å². The van der Waals surface area contributed by atoms with Gasteiger partial charge in [0.25, 0.3) is 5.91 Å². The molecule has 138 valence electrons. The van der Waals surface area contributed by atoms with Crippen molar-refractivity contribution in [2.75, 3.05) is 6.54 Å². The fraction of sp³-hybridized carbons (Fsp3) is 0.375. The largest absolute Gasteiger partial charge is 0.416 e. The fourth-order valence-corrected chi connectivity index (χ4v) is 2.11. The van der Waals surface area contributed by atoms with Crippen molar-refractivity contribution in [3.05, 3.63) is 47.3 Å². The van der Waals surface area contributed by atoms with E-state index in [9.17, 15) is 18.0 Å². The molecule has 0 aliphatic heterocycles. The normalized spacial score (nSPS) is 11.8. The Bertz CT molecular complexity index is 751. The topological polar surface area (TPSA) is 72.9 Å². The first-order valence-electron chi connectivity index (χ1n) is 7.28. The van der Waals surface area contributed by atoms with Crippen LogP contribution in [0.3, 0.4) is 0 Å². The van der Waals surface area contributed by atoms with Gasteiger partial charge in [0.1, 0.15) is 0 Å². The number of rotatable bonds is 4. The highest BCUT2D eigenvalue weighted by Gasteiger charge is 2.30. The second-order valence-corrected chi connectivity index (χ2v) is 6.27. The number of carbonyl (C=O) groups is 1. The zero-order valence-electron chi connectivity index (χ0n) is 14.0. The third-order valence-corrected chi connectivity index (χ3v) is 3.38. The molecule has 1 amide bonds. The van der Waals surface area contributed by atoms with Gasteiger partial charge in [-0.1, -0.05) is 6.07 Å². The number of alkyl halides is 3. The summed E-state index contributed by atoms with van der Waals surface area (Å²) in [6.07, 6.45) is -3.11. The van der Waals surface area contributed by atoms with Crippen LogP contribution in [0.4, 0.5) is 13.2 Å². The molecule has 0 spiro atoms. The zero-order chi connectivity index (χ0) is 18.1. The van der Waals surface area contributed by atoms with E-state index >= 15 is 0 Å². The molecule has 1 aromatic heterocycles. The van der Waals surface area contributed by atoms with Crippen LogP contribution in [0, 0.1) is 6.92 Å². The number of carbonyl (C=O) groups excluding carboxylic acids is 1. The first kappa shape index (κ1) is 21.0. The molecule has 0 fully saturated rings. The molecule has 0 aliphatic rings. The summed E-state index contributed by atoms with van der Waals surface area (Å²) in [5.41, 5.74) is 5.44. The number of hydrogen-bond donors (Lipinski definition) is 2. The van der Waals surface area contributed by atoms with Crippen molar-refractivity contribution in [2.24, 2.45) is 5.73 Å². The van der Waals surface area contributed by atoms with E-state index in [1.54, 1.807) is 20.8 Å². The molecular weight excluding hydrogens is 357 g/mol. The lowest BCUT2D eigenvalue weighted by molar-refractivity contribution is -0.137. The quantitative estimate of drug-likeness (QED) is 0.861. The Morgan fingerprint density at radius 2 is 1.96 bits per heavy atom. The molecule has 0 radical (unpaired) electrons. The maximum atomic E-state index is 12.8. The minimum absolute atomic E-state index is 0. The molecule has 0 atom stereocenters. The average Bonchev–Trinajstić information content (AvgIpc) is 2.85. The molecule has 1 aromatic carbocycles. The van der Waals surface area contributed by atoms with Crippen molar-refractivity contribution in [1.82, 2.24) is 15.1 Å². The smallest absolute Gasteiger partial charge is 0.350 e. The number of nitrogens with zero attached hydrogens (tertiary/aromatic N) is 2. The van der Waals surface area contributed by atoms with Crippen LogP contribution in [0.15, 0.2) is 30.5 Å². The standard InChI is InChI=1S/C16H19F3N4O.ClH/c1-10-13(14(24)21-9-15(2,3)20)8-22-23(10)12-6-4-5-11(7-12)16(17,18)19;/h4-8H,9,20H2,1-3H3,(H,21,24);1H.